The van der Waals surface area contributed by atoms with Gasteiger partial charge in [-0.05, 0) is 72.3 Å². The van der Waals surface area contributed by atoms with Crippen LogP contribution in [0.15, 0.2) is 90.5 Å². The molecule has 228 valence electrons. The summed E-state index contributed by atoms with van der Waals surface area (Å²) in [6.45, 7) is 0.195. The van der Waals surface area contributed by atoms with Crippen molar-refractivity contribution in [2.75, 3.05) is 12.0 Å². The minimum Gasteiger partial charge on any atom is -0.497 e. The lowest BCUT2D eigenvalue weighted by atomic mass is 10.1. The number of urea groups is 1. The molecule has 0 radical (unpaired) electrons. The highest BCUT2D eigenvalue weighted by Crippen LogP contribution is 2.31. The Kier molecular flexibility index (Phi) is 9.31. The maximum atomic E-state index is 13.5. The van der Waals surface area contributed by atoms with Crippen molar-refractivity contribution >= 4 is 58.5 Å². The van der Waals surface area contributed by atoms with Gasteiger partial charge in [0.15, 0.2) is 0 Å². The van der Waals surface area contributed by atoms with Crippen LogP contribution in [0.3, 0.4) is 0 Å². The first-order valence-electron chi connectivity index (χ1n) is 13.3. The van der Waals surface area contributed by atoms with Gasteiger partial charge in [0, 0.05) is 39.4 Å². The number of carbonyl (C=O) groups is 3. The zero-order valence-corrected chi connectivity index (χ0v) is 25.0. The van der Waals surface area contributed by atoms with E-state index in [1.54, 1.807) is 60.7 Å². The fraction of sp³-hybridized carbons (Fsp3) is 0.0938. The van der Waals surface area contributed by atoms with Gasteiger partial charge >= 0.3 is 6.03 Å². The highest BCUT2D eigenvalue weighted by atomic mass is 35.5. The summed E-state index contributed by atoms with van der Waals surface area (Å²) in [4.78, 5) is 50.4. The standard InChI is InChI=1S/C32H23Cl2N3O8/c1-43-26-11-5-20(29(16-26)45-17-19-2-7-24(8-3-19)37(41)42)14-27-30(38)35-32(40)36(31(27)39)23-9-12-25(13-10-23)44-18-21-4-6-22(33)15-28(21)34/h2-16H,17-18H2,1H3,(H,35,38,40)/b27-14+. The number of ether oxygens (including phenoxy) is 3. The Bertz CT molecular complexity index is 1830. The zero-order valence-electron chi connectivity index (χ0n) is 23.5. The van der Waals surface area contributed by atoms with Gasteiger partial charge < -0.3 is 14.2 Å². The number of rotatable bonds is 10. The molecule has 0 unspecified atom stereocenters. The lowest BCUT2D eigenvalue weighted by Gasteiger charge is -2.26. The molecule has 0 spiro atoms. The van der Waals surface area contributed by atoms with Crippen molar-refractivity contribution in [3.63, 3.8) is 0 Å². The largest absolute Gasteiger partial charge is 0.497 e. The second kappa shape index (κ2) is 13.5. The van der Waals surface area contributed by atoms with Crippen LogP contribution in [-0.4, -0.2) is 29.9 Å². The van der Waals surface area contributed by atoms with Gasteiger partial charge in [-0.25, -0.2) is 9.69 Å². The Morgan fingerprint density at radius 3 is 2.24 bits per heavy atom. The molecule has 0 atom stereocenters. The molecule has 1 saturated heterocycles. The van der Waals surface area contributed by atoms with E-state index in [-0.39, 0.29) is 35.9 Å². The van der Waals surface area contributed by atoms with E-state index < -0.39 is 22.8 Å². The maximum Gasteiger partial charge on any atom is 0.335 e. The van der Waals surface area contributed by atoms with Crippen molar-refractivity contribution in [1.82, 2.24) is 5.32 Å². The number of nitro benzene ring substituents is 1. The van der Waals surface area contributed by atoms with E-state index >= 15 is 0 Å². The monoisotopic (exact) mass is 647 g/mol. The average Bonchev–Trinajstić information content (AvgIpc) is 3.02. The molecule has 13 heteroatoms. The van der Waals surface area contributed by atoms with Crippen molar-refractivity contribution in [1.29, 1.82) is 0 Å². The third kappa shape index (κ3) is 7.23. The molecule has 4 amide bonds. The first-order chi connectivity index (χ1) is 21.6. The Labute approximate surface area is 266 Å². The lowest BCUT2D eigenvalue weighted by Crippen LogP contribution is -2.54. The first-order valence-corrected chi connectivity index (χ1v) is 14.0. The normalized spacial score (nSPS) is 13.9. The summed E-state index contributed by atoms with van der Waals surface area (Å²) >= 11 is 12.1. The van der Waals surface area contributed by atoms with Crippen molar-refractivity contribution < 1.29 is 33.5 Å². The average molecular weight is 648 g/mol. The molecule has 1 N–H and O–H groups in total. The molecule has 1 aliphatic heterocycles. The quantitative estimate of drug-likeness (QED) is 0.0865. The molecule has 0 aromatic heterocycles. The SMILES string of the molecule is COc1ccc(/C=C2\C(=O)NC(=O)N(c3ccc(OCc4ccc(Cl)cc4Cl)cc3)C2=O)c(OCc2ccc([N+](=O)[O-])cc2)c1. The van der Waals surface area contributed by atoms with Crippen molar-refractivity contribution in [2.24, 2.45) is 0 Å². The highest BCUT2D eigenvalue weighted by molar-refractivity contribution is 6.39. The number of hydrogen-bond donors (Lipinski definition) is 1. The number of nitrogens with zero attached hydrogens (tertiary/aromatic N) is 2. The number of amides is 4. The second-order valence-electron chi connectivity index (χ2n) is 9.59. The maximum absolute atomic E-state index is 13.5. The number of carbonyl (C=O) groups excluding carboxylic acids is 3. The predicted molar refractivity (Wildman–Crippen MR) is 167 cm³/mol. The van der Waals surface area contributed by atoms with Gasteiger partial charge in [-0.2, -0.15) is 0 Å². The topological polar surface area (TPSA) is 137 Å². The summed E-state index contributed by atoms with van der Waals surface area (Å²) in [5.41, 5.74) is 1.56. The fourth-order valence-corrected chi connectivity index (χ4v) is 4.76. The van der Waals surface area contributed by atoms with Gasteiger partial charge in [0.2, 0.25) is 0 Å². The Morgan fingerprint density at radius 2 is 1.58 bits per heavy atom. The Morgan fingerprint density at radius 1 is 0.867 bits per heavy atom. The van der Waals surface area contributed by atoms with Gasteiger partial charge in [0.1, 0.15) is 36.0 Å². The van der Waals surface area contributed by atoms with Crippen LogP contribution in [0, 0.1) is 10.1 Å². The van der Waals surface area contributed by atoms with Crippen LogP contribution in [-0.2, 0) is 22.8 Å². The molecule has 1 fully saturated rings. The third-order valence-electron chi connectivity index (χ3n) is 6.67. The van der Waals surface area contributed by atoms with Crippen LogP contribution in [0.5, 0.6) is 17.2 Å². The summed E-state index contributed by atoms with van der Waals surface area (Å²) in [6, 6.07) is 20.9. The van der Waals surface area contributed by atoms with E-state index in [0.29, 0.717) is 32.7 Å². The molecule has 0 aliphatic carbocycles. The number of imide groups is 2. The van der Waals surface area contributed by atoms with Gasteiger partial charge in [-0.1, -0.05) is 29.3 Å². The summed E-state index contributed by atoms with van der Waals surface area (Å²) in [5.74, 6) is -0.547. The van der Waals surface area contributed by atoms with Crippen LogP contribution in [0.1, 0.15) is 16.7 Å². The van der Waals surface area contributed by atoms with Gasteiger partial charge in [0.05, 0.1) is 17.7 Å². The minimum absolute atomic E-state index is 0.0325. The molecule has 11 nitrogen and oxygen atoms in total. The Hall–Kier alpha value is -5.39. The van der Waals surface area contributed by atoms with E-state index in [1.165, 1.54) is 37.5 Å². The summed E-state index contributed by atoms with van der Waals surface area (Å²) in [7, 11) is 1.47. The van der Waals surface area contributed by atoms with Gasteiger partial charge in [-0.3, -0.25) is 25.0 Å². The molecule has 4 aromatic rings. The second-order valence-corrected chi connectivity index (χ2v) is 10.4. The van der Waals surface area contributed by atoms with E-state index in [2.05, 4.69) is 5.32 Å². The molecule has 0 bridgehead atoms. The highest BCUT2D eigenvalue weighted by Gasteiger charge is 2.37. The molecule has 45 heavy (non-hydrogen) atoms. The number of hydrogen-bond acceptors (Lipinski definition) is 8. The summed E-state index contributed by atoms with van der Waals surface area (Å²) in [6.07, 6.45) is 1.31. The van der Waals surface area contributed by atoms with Crippen LogP contribution in [0.4, 0.5) is 16.2 Å². The van der Waals surface area contributed by atoms with Gasteiger partial charge in [-0.15, -0.1) is 0 Å². The van der Waals surface area contributed by atoms with Gasteiger partial charge in [0.25, 0.3) is 17.5 Å². The molecule has 1 heterocycles. The number of barbiturate groups is 1. The van der Waals surface area contributed by atoms with E-state index in [9.17, 15) is 24.5 Å². The van der Waals surface area contributed by atoms with E-state index in [4.69, 9.17) is 37.4 Å². The van der Waals surface area contributed by atoms with Crippen molar-refractivity contribution in [3.05, 3.63) is 127 Å². The minimum atomic E-state index is -0.909. The molecular weight excluding hydrogens is 625 g/mol. The number of nitrogens with one attached hydrogen (secondary N) is 1. The predicted octanol–water partition coefficient (Wildman–Crippen LogP) is 6.73. The fourth-order valence-electron chi connectivity index (χ4n) is 4.30. The smallest absolute Gasteiger partial charge is 0.335 e. The van der Waals surface area contributed by atoms with Crippen LogP contribution in [0.2, 0.25) is 10.0 Å². The summed E-state index contributed by atoms with van der Waals surface area (Å²) < 4.78 is 17.0. The lowest BCUT2D eigenvalue weighted by molar-refractivity contribution is -0.384. The number of nitro groups is 1. The van der Waals surface area contributed by atoms with Crippen molar-refractivity contribution in [2.45, 2.75) is 13.2 Å². The first kappa shape index (κ1) is 31.0. The molecule has 5 rings (SSSR count). The van der Waals surface area contributed by atoms with Crippen LogP contribution >= 0.6 is 23.2 Å². The molecular formula is C32H23Cl2N3O8. The molecule has 4 aromatic carbocycles. The van der Waals surface area contributed by atoms with E-state index in [0.717, 1.165) is 10.5 Å². The summed E-state index contributed by atoms with van der Waals surface area (Å²) in [5, 5.41) is 14.1. The van der Waals surface area contributed by atoms with E-state index in [1.807, 2.05) is 0 Å². The zero-order chi connectivity index (χ0) is 32.1. The van der Waals surface area contributed by atoms with Crippen molar-refractivity contribution in [3.8, 4) is 17.2 Å². The number of benzene rings is 4. The molecule has 1 aliphatic rings. The van der Waals surface area contributed by atoms with Crippen LogP contribution in [0.25, 0.3) is 6.08 Å². The Balaban J connectivity index is 1.35. The number of methoxy groups -OCH3 is 1. The van der Waals surface area contributed by atoms with Crippen LogP contribution < -0.4 is 24.4 Å². The number of halogens is 2. The third-order valence-corrected chi connectivity index (χ3v) is 7.26. The number of anilines is 1. The number of non-ortho nitro benzene ring substituents is 1. The molecule has 0 saturated carbocycles.